The van der Waals surface area contributed by atoms with Crippen LogP contribution in [0.2, 0.25) is 0 Å². The van der Waals surface area contributed by atoms with Crippen LogP contribution in [0.3, 0.4) is 0 Å². The van der Waals surface area contributed by atoms with Crippen LogP contribution in [0.4, 0.5) is 9.59 Å². The second kappa shape index (κ2) is 13.3. The number of alkyl carbamates (subject to hydrolysis) is 2. The monoisotopic (exact) mass is 387 g/mol. The van der Waals surface area contributed by atoms with Crippen molar-refractivity contribution in [2.24, 2.45) is 17.3 Å². The SMILES string of the molecule is C=CC1CC1C=O.CC(C)(C)COC(=O)NC(=O)OC(C)(C)C.CCOC. The lowest BCUT2D eigenvalue weighted by molar-refractivity contribution is -0.109. The number of carbonyl (C=O) groups excluding carboxylic acids is 3. The molecule has 2 amide bonds. The first-order valence-corrected chi connectivity index (χ1v) is 9.03. The molecule has 2 atom stereocenters. The van der Waals surface area contributed by atoms with Gasteiger partial charge in [-0.1, -0.05) is 26.8 Å². The zero-order valence-electron chi connectivity index (χ0n) is 18.1. The van der Waals surface area contributed by atoms with Gasteiger partial charge in [0.15, 0.2) is 0 Å². The minimum atomic E-state index is -0.800. The summed E-state index contributed by atoms with van der Waals surface area (Å²) in [7, 11) is 1.68. The van der Waals surface area contributed by atoms with Crippen LogP contribution >= 0.6 is 0 Å². The fourth-order valence-electron chi connectivity index (χ4n) is 1.37. The van der Waals surface area contributed by atoms with Gasteiger partial charge in [0.2, 0.25) is 0 Å². The molecule has 0 bridgehead atoms. The topological polar surface area (TPSA) is 90.9 Å². The van der Waals surface area contributed by atoms with Crippen molar-refractivity contribution in [3.8, 4) is 0 Å². The number of aldehydes is 1. The van der Waals surface area contributed by atoms with E-state index in [1.807, 2.05) is 39.1 Å². The number of carbonyl (C=O) groups is 3. The molecule has 0 spiro atoms. The van der Waals surface area contributed by atoms with Crippen LogP contribution in [0.5, 0.6) is 0 Å². The van der Waals surface area contributed by atoms with Gasteiger partial charge in [-0.05, 0) is 45.4 Å². The van der Waals surface area contributed by atoms with Crippen molar-refractivity contribution in [1.82, 2.24) is 5.32 Å². The normalized spacial score (nSPS) is 17.8. The predicted octanol–water partition coefficient (Wildman–Crippen LogP) is 4.35. The highest BCUT2D eigenvalue weighted by Crippen LogP contribution is 2.36. The standard InChI is InChI=1S/C11H21NO4.C6H8O.C3H8O/c1-10(2,3)7-15-8(13)12-9(14)16-11(4,5)6;1-2-5-3-6(5)4-7;1-3-4-2/h7H2,1-6H3,(H,12,13,14);2,4-6H,1,3H2;3H2,1-2H3. The number of imide groups is 1. The zero-order chi connectivity index (χ0) is 21.7. The van der Waals surface area contributed by atoms with Gasteiger partial charge in [-0.25, -0.2) is 14.9 Å². The van der Waals surface area contributed by atoms with Gasteiger partial charge in [0.1, 0.15) is 11.9 Å². The summed E-state index contributed by atoms with van der Waals surface area (Å²) in [5.74, 6) is 0.829. The number of hydrogen-bond acceptors (Lipinski definition) is 6. The lowest BCUT2D eigenvalue weighted by Crippen LogP contribution is -2.37. The summed E-state index contributed by atoms with van der Waals surface area (Å²) in [6.45, 7) is 17.5. The Morgan fingerprint density at radius 3 is 1.89 bits per heavy atom. The fraction of sp³-hybridized carbons (Fsp3) is 0.750. The molecule has 0 aromatic carbocycles. The lowest BCUT2D eigenvalue weighted by atomic mass is 9.99. The van der Waals surface area contributed by atoms with E-state index in [1.54, 1.807) is 27.9 Å². The second-order valence-corrected chi connectivity index (χ2v) is 8.28. The Morgan fingerprint density at radius 1 is 1.11 bits per heavy atom. The van der Waals surface area contributed by atoms with E-state index in [1.165, 1.54) is 0 Å². The smallest absolute Gasteiger partial charge is 0.417 e. The Morgan fingerprint density at radius 2 is 1.63 bits per heavy atom. The first-order valence-electron chi connectivity index (χ1n) is 9.03. The molecule has 0 heterocycles. The second-order valence-electron chi connectivity index (χ2n) is 8.28. The molecule has 2 unspecified atom stereocenters. The van der Waals surface area contributed by atoms with Crippen LogP contribution in [-0.2, 0) is 19.0 Å². The number of amides is 2. The Kier molecular flexibility index (Phi) is 13.5. The van der Waals surface area contributed by atoms with Gasteiger partial charge in [0.05, 0.1) is 6.61 Å². The van der Waals surface area contributed by atoms with Crippen molar-refractivity contribution in [3.05, 3.63) is 12.7 Å². The average molecular weight is 388 g/mol. The summed E-state index contributed by atoms with van der Waals surface area (Å²) in [5, 5.41) is 1.99. The highest BCUT2D eigenvalue weighted by molar-refractivity contribution is 5.87. The molecule has 7 nitrogen and oxygen atoms in total. The summed E-state index contributed by atoms with van der Waals surface area (Å²) < 4.78 is 14.3. The molecule has 27 heavy (non-hydrogen) atoms. The third-order valence-corrected chi connectivity index (χ3v) is 2.90. The van der Waals surface area contributed by atoms with E-state index in [4.69, 9.17) is 9.47 Å². The van der Waals surface area contributed by atoms with Gasteiger partial charge < -0.3 is 19.0 Å². The Hall–Kier alpha value is -1.89. The number of ether oxygens (including phenoxy) is 3. The molecular weight excluding hydrogens is 350 g/mol. The van der Waals surface area contributed by atoms with Crippen LogP contribution in [0.25, 0.3) is 0 Å². The van der Waals surface area contributed by atoms with E-state index in [0.717, 1.165) is 19.3 Å². The summed E-state index contributed by atoms with van der Waals surface area (Å²) in [6, 6.07) is 0. The molecular formula is C20H37NO6. The van der Waals surface area contributed by atoms with Gasteiger partial charge in [-0.2, -0.15) is 0 Å². The summed E-state index contributed by atoms with van der Waals surface area (Å²) in [6.07, 6.45) is 2.30. The van der Waals surface area contributed by atoms with Crippen LogP contribution in [-0.4, -0.2) is 44.4 Å². The van der Waals surface area contributed by atoms with Gasteiger partial charge in [0.25, 0.3) is 0 Å². The molecule has 1 rings (SSSR count). The Bertz CT molecular complexity index is 448. The van der Waals surface area contributed by atoms with Crippen molar-refractivity contribution in [1.29, 1.82) is 0 Å². The summed E-state index contributed by atoms with van der Waals surface area (Å²) >= 11 is 0. The van der Waals surface area contributed by atoms with E-state index in [9.17, 15) is 14.4 Å². The molecule has 1 saturated carbocycles. The zero-order valence-corrected chi connectivity index (χ0v) is 18.1. The van der Waals surface area contributed by atoms with E-state index >= 15 is 0 Å². The molecule has 7 heteroatoms. The lowest BCUT2D eigenvalue weighted by Gasteiger charge is -2.20. The van der Waals surface area contributed by atoms with Crippen molar-refractivity contribution in [2.75, 3.05) is 20.3 Å². The summed E-state index contributed by atoms with van der Waals surface area (Å²) in [4.78, 5) is 32.2. The van der Waals surface area contributed by atoms with Crippen LogP contribution in [0, 0.1) is 17.3 Å². The van der Waals surface area contributed by atoms with Gasteiger partial charge in [0, 0.05) is 19.6 Å². The molecule has 0 aromatic rings. The summed E-state index contributed by atoms with van der Waals surface area (Å²) in [5.41, 5.74) is -0.764. The van der Waals surface area contributed by atoms with E-state index in [0.29, 0.717) is 11.8 Å². The molecule has 1 aliphatic carbocycles. The molecule has 1 fully saturated rings. The first-order chi connectivity index (χ1) is 12.3. The number of rotatable bonds is 4. The van der Waals surface area contributed by atoms with E-state index in [2.05, 4.69) is 11.3 Å². The van der Waals surface area contributed by atoms with Crippen molar-refractivity contribution in [2.45, 2.75) is 60.5 Å². The van der Waals surface area contributed by atoms with Gasteiger partial charge in [-0.3, -0.25) is 0 Å². The predicted molar refractivity (Wildman–Crippen MR) is 106 cm³/mol. The van der Waals surface area contributed by atoms with Crippen LogP contribution in [0.1, 0.15) is 54.9 Å². The number of hydrogen-bond donors (Lipinski definition) is 1. The molecule has 1 aliphatic rings. The largest absolute Gasteiger partial charge is 0.449 e. The first kappa shape index (κ1) is 27.3. The highest BCUT2D eigenvalue weighted by atomic mass is 16.6. The van der Waals surface area contributed by atoms with Crippen molar-refractivity contribution >= 4 is 18.5 Å². The fourth-order valence-corrected chi connectivity index (χ4v) is 1.37. The molecule has 1 N–H and O–H groups in total. The third kappa shape index (κ3) is 20.3. The maximum absolute atomic E-state index is 11.2. The molecule has 0 aliphatic heterocycles. The van der Waals surface area contributed by atoms with Crippen LogP contribution < -0.4 is 5.32 Å². The van der Waals surface area contributed by atoms with Crippen LogP contribution in [0.15, 0.2) is 12.7 Å². The van der Waals surface area contributed by atoms with Crippen molar-refractivity contribution in [3.63, 3.8) is 0 Å². The highest BCUT2D eigenvalue weighted by Gasteiger charge is 2.33. The van der Waals surface area contributed by atoms with Crippen molar-refractivity contribution < 1.29 is 28.6 Å². The Balaban J connectivity index is 0. The maximum Gasteiger partial charge on any atom is 0.417 e. The molecule has 0 radical (unpaired) electrons. The van der Waals surface area contributed by atoms with E-state index < -0.39 is 17.8 Å². The maximum atomic E-state index is 11.2. The number of allylic oxidation sites excluding steroid dienone is 1. The number of methoxy groups -OCH3 is 1. The molecule has 158 valence electrons. The average Bonchev–Trinajstić information content (AvgIpc) is 3.30. The minimum Gasteiger partial charge on any atom is -0.449 e. The Labute approximate surface area is 163 Å². The third-order valence-electron chi connectivity index (χ3n) is 2.90. The van der Waals surface area contributed by atoms with E-state index in [-0.39, 0.29) is 12.0 Å². The number of nitrogens with one attached hydrogen (secondary N) is 1. The molecule has 0 saturated heterocycles. The van der Waals surface area contributed by atoms with Gasteiger partial charge in [-0.15, -0.1) is 6.58 Å². The quantitative estimate of drug-likeness (QED) is 0.569. The van der Waals surface area contributed by atoms with Gasteiger partial charge >= 0.3 is 12.2 Å². The minimum absolute atomic E-state index is 0.134. The molecule has 0 aromatic heterocycles.